The molecule has 1 N–H and O–H groups in total. The van der Waals surface area contributed by atoms with Crippen molar-refractivity contribution in [2.75, 3.05) is 19.6 Å². The number of likely N-dealkylation sites (tertiary alicyclic amines) is 1. The highest BCUT2D eigenvalue weighted by Crippen LogP contribution is 2.21. The summed E-state index contributed by atoms with van der Waals surface area (Å²) in [5.74, 6) is 0.0533. The van der Waals surface area contributed by atoms with Gasteiger partial charge in [-0.2, -0.15) is 5.10 Å². The van der Waals surface area contributed by atoms with Crippen molar-refractivity contribution in [3.63, 3.8) is 0 Å². The van der Waals surface area contributed by atoms with Gasteiger partial charge in [-0.3, -0.25) is 14.5 Å². The Bertz CT molecular complexity index is 1160. The zero-order valence-corrected chi connectivity index (χ0v) is 19.9. The Hall–Kier alpha value is -2.70. The van der Waals surface area contributed by atoms with Gasteiger partial charge in [0.15, 0.2) is 0 Å². The summed E-state index contributed by atoms with van der Waals surface area (Å²) in [6.45, 7) is 4.55. The molecule has 3 aromatic rings. The largest absolute Gasteiger partial charge is 0.355 e. The summed E-state index contributed by atoms with van der Waals surface area (Å²) < 4.78 is 1.60. The lowest BCUT2D eigenvalue weighted by atomic mass is 10.0. The first-order chi connectivity index (χ1) is 16.0. The summed E-state index contributed by atoms with van der Waals surface area (Å²) in [5, 5.41) is 10.1. The number of amides is 1. The summed E-state index contributed by atoms with van der Waals surface area (Å²) in [7, 11) is 0. The van der Waals surface area contributed by atoms with Gasteiger partial charge in [0.1, 0.15) is 0 Å². The van der Waals surface area contributed by atoms with E-state index in [2.05, 4.69) is 17.1 Å². The van der Waals surface area contributed by atoms with Crippen LogP contribution in [0.3, 0.4) is 0 Å². The van der Waals surface area contributed by atoms with Crippen LogP contribution in [0, 0.1) is 0 Å². The van der Waals surface area contributed by atoms with Crippen LogP contribution in [0.4, 0.5) is 0 Å². The second-order valence-corrected chi connectivity index (χ2v) is 9.19. The predicted molar refractivity (Wildman–Crippen MR) is 133 cm³/mol. The van der Waals surface area contributed by atoms with Crippen LogP contribution in [0.1, 0.15) is 43.9 Å². The molecule has 33 heavy (non-hydrogen) atoms. The number of carbonyl (C=O) groups is 1. The highest BCUT2D eigenvalue weighted by Gasteiger charge is 2.27. The molecule has 1 amide bonds. The molecule has 2 aromatic carbocycles. The van der Waals surface area contributed by atoms with Gasteiger partial charge in [-0.25, -0.2) is 4.68 Å². The molecule has 1 saturated heterocycles. The zero-order valence-electron chi connectivity index (χ0n) is 19.1. The Morgan fingerprint density at radius 1 is 1.15 bits per heavy atom. The number of hydrogen-bond donors (Lipinski definition) is 1. The molecule has 0 radical (unpaired) electrons. The first kappa shape index (κ1) is 23.5. The van der Waals surface area contributed by atoms with E-state index >= 15 is 0 Å². The molecule has 2 heterocycles. The van der Waals surface area contributed by atoms with E-state index in [-0.39, 0.29) is 17.5 Å². The van der Waals surface area contributed by atoms with Gasteiger partial charge < -0.3 is 5.32 Å². The third-order valence-corrected chi connectivity index (χ3v) is 6.56. The molecule has 1 atom stereocenters. The van der Waals surface area contributed by atoms with Crippen LogP contribution in [0.25, 0.3) is 10.8 Å². The third kappa shape index (κ3) is 5.81. The molecule has 1 fully saturated rings. The van der Waals surface area contributed by atoms with Crippen LogP contribution >= 0.6 is 11.6 Å². The van der Waals surface area contributed by atoms with Crippen molar-refractivity contribution in [1.82, 2.24) is 20.0 Å². The first-order valence-corrected chi connectivity index (χ1v) is 12.2. The number of hydrogen-bond acceptors (Lipinski definition) is 4. The molecule has 6 nitrogen and oxygen atoms in total. The van der Waals surface area contributed by atoms with E-state index in [9.17, 15) is 9.59 Å². The summed E-state index contributed by atoms with van der Waals surface area (Å²) >= 11 is 6.04. The molecule has 174 valence electrons. The molecule has 0 saturated carbocycles. The van der Waals surface area contributed by atoms with Crippen molar-refractivity contribution >= 4 is 28.3 Å². The fourth-order valence-electron chi connectivity index (χ4n) is 4.51. The van der Waals surface area contributed by atoms with Crippen molar-refractivity contribution in [2.24, 2.45) is 0 Å². The average Bonchev–Trinajstić information content (AvgIpc) is 3.25. The second kappa shape index (κ2) is 10.9. The van der Waals surface area contributed by atoms with Crippen molar-refractivity contribution < 1.29 is 4.79 Å². The van der Waals surface area contributed by atoms with Gasteiger partial charge in [0.25, 0.3) is 5.56 Å². The van der Waals surface area contributed by atoms with Gasteiger partial charge in [0.05, 0.1) is 24.2 Å². The van der Waals surface area contributed by atoms with Crippen molar-refractivity contribution in [3.05, 3.63) is 75.2 Å². The minimum absolute atomic E-state index is 0.0533. The molecule has 0 bridgehead atoms. The number of halogens is 1. The van der Waals surface area contributed by atoms with Crippen LogP contribution in [0.15, 0.2) is 53.3 Å². The van der Waals surface area contributed by atoms with Crippen molar-refractivity contribution in [1.29, 1.82) is 0 Å². The minimum Gasteiger partial charge on any atom is -0.355 e. The summed E-state index contributed by atoms with van der Waals surface area (Å²) in [6, 6.07) is 15.5. The maximum Gasteiger partial charge on any atom is 0.274 e. The molecule has 4 rings (SSSR count). The summed E-state index contributed by atoms with van der Waals surface area (Å²) in [4.78, 5) is 27.8. The molecule has 7 heteroatoms. The normalized spacial score (nSPS) is 16.4. The topological polar surface area (TPSA) is 67.2 Å². The molecule has 0 aliphatic carbocycles. The van der Waals surface area contributed by atoms with E-state index in [0.717, 1.165) is 48.9 Å². The number of nitrogens with one attached hydrogen (secondary N) is 1. The third-order valence-electron chi connectivity index (χ3n) is 6.31. The Kier molecular flexibility index (Phi) is 7.78. The van der Waals surface area contributed by atoms with E-state index in [1.807, 2.05) is 48.5 Å². The molecule has 1 aliphatic rings. The number of aromatic nitrogens is 2. The Labute approximate surface area is 199 Å². The predicted octanol–water partition coefficient (Wildman–Crippen LogP) is 4.02. The molecule has 1 aliphatic heterocycles. The van der Waals surface area contributed by atoms with E-state index in [4.69, 9.17) is 16.7 Å². The quantitative estimate of drug-likeness (QED) is 0.483. The van der Waals surface area contributed by atoms with Crippen LogP contribution in [0.2, 0.25) is 5.02 Å². The monoisotopic (exact) mass is 466 g/mol. The van der Waals surface area contributed by atoms with Crippen LogP contribution < -0.4 is 10.9 Å². The molecule has 0 spiro atoms. The van der Waals surface area contributed by atoms with Gasteiger partial charge in [-0.1, -0.05) is 55.3 Å². The van der Waals surface area contributed by atoms with Gasteiger partial charge in [-0.15, -0.1) is 0 Å². The Morgan fingerprint density at radius 2 is 1.91 bits per heavy atom. The lowest BCUT2D eigenvalue weighted by molar-refractivity contribution is -0.122. The molecule has 1 aromatic heterocycles. The van der Waals surface area contributed by atoms with Crippen LogP contribution in [-0.2, 0) is 17.8 Å². The smallest absolute Gasteiger partial charge is 0.274 e. The second-order valence-electron chi connectivity index (χ2n) is 8.75. The highest BCUT2D eigenvalue weighted by atomic mass is 35.5. The Balaban J connectivity index is 1.57. The van der Waals surface area contributed by atoms with Gasteiger partial charge in [-0.05, 0) is 49.6 Å². The number of rotatable bonds is 9. The average molecular weight is 467 g/mol. The summed E-state index contributed by atoms with van der Waals surface area (Å²) in [6.07, 6.45) is 4.64. The number of unbranched alkanes of at least 4 members (excludes halogenated alkanes) is 1. The maximum atomic E-state index is 13.3. The SMILES string of the molecule is CCCCNC(=O)CN1CCC[C@@H]1Cn1nc(Cc2ccc(Cl)cc2)c2ccccc2c1=O. The molecular formula is C26H31ClN4O2. The molecular weight excluding hydrogens is 436 g/mol. The lowest BCUT2D eigenvalue weighted by Crippen LogP contribution is -2.43. The fraction of sp³-hybridized carbons (Fsp3) is 0.423. The van der Waals surface area contributed by atoms with Gasteiger partial charge >= 0.3 is 0 Å². The van der Waals surface area contributed by atoms with E-state index in [1.165, 1.54) is 0 Å². The van der Waals surface area contributed by atoms with E-state index < -0.39 is 0 Å². The number of carbonyl (C=O) groups excluding carboxylic acids is 1. The van der Waals surface area contributed by atoms with E-state index in [1.54, 1.807) is 4.68 Å². The number of fused-ring (bicyclic) bond motifs is 1. The van der Waals surface area contributed by atoms with E-state index in [0.29, 0.717) is 36.5 Å². The molecule has 0 unspecified atom stereocenters. The highest BCUT2D eigenvalue weighted by molar-refractivity contribution is 6.30. The summed E-state index contributed by atoms with van der Waals surface area (Å²) in [5.41, 5.74) is 1.88. The number of benzene rings is 2. The first-order valence-electron chi connectivity index (χ1n) is 11.8. The van der Waals surface area contributed by atoms with Crippen molar-refractivity contribution in [3.8, 4) is 0 Å². The van der Waals surface area contributed by atoms with Crippen molar-refractivity contribution in [2.45, 2.75) is 51.6 Å². The zero-order chi connectivity index (χ0) is 23.2. The lowest BCUT2D eigenvalue weighted by Gasteiger charge is -2.24. The fourth-order valence-corrected chi connectivity index (χ4v) is 4.64. The van der Waals surface area contributed by atoms with Gasteiger partial charge in [0.2, 0.25) is 5.91 Å². The minimum atomic E-state index is -0.0790. The van der Waals surface area contributed by atoms with Gasteiger partial charge in [0, 0.05) is 29.4 Å². The standard InChI is InChI=1S/C26H31ClN4O2/c1-2-3-14-28-25(32)18-30-15-6-7-21(30)17-31-26(33)23-9-5-4-8-22(23)24(29-31)16-19-10-12-20(27)13-11-19/h4-5,8-13,21H,2-3,6-7,14-18H2,1H3,(H,28,32)/t21-/m1/s1. The van der Waals surface area contributed by atoms with Crippen LogP contribution in [-0.4, -0.2) is 46.3 Å². The Morgan fingerprint density at radius 3 is 2.67 bits per heavy atom. The van der Waals surface area contributed by atoms with Crippen LogP contribution in [0.5, 0.6) is 0 Å². The number of nitrogens with zero attached hydrogens (tertiary/aromatic N) is 3. The maximum absolute atomic E-state index is 13.3.